The van der Waals surface area contributed by atoms with Crippen LogP contribution in [0.2, 0.25) is 0 Å². The molecule has 0 unspecified atom stereocenters. The number of aromatic nitrogens is 2. The molecule has 0 bridgehead atoms. The maximum absolute atomic E-state index is 13.1. The molecule has 19 heavy (non-hydrogen) atoms. The number of aryl methyl sites for hydroxylation is 2. The number of H-pyrrole nitrogens is 1. The van der Waals surface area contributed by atoms with Crippen LogP contribution in [0.1, 0.15) is 11.4 Å². The zero-order chi connectivity index (χ0) is 13.2. The predicted octanol–water partition coefficient (Wildman–Crippen LogP) is 3.07. The molecular weight excluding hydrogens is 241 g/mol. The van der Waals surface area contributed by atoms with Gasteiger partial charge in [-0.05, 0) is 42.3 Å². The fraction of sp³-hybridized carbons (Fsp3) is 0.133. The van der Waals surface area contributed by atoms with Crippen LogP contribution in [0.25, 0.3) is 11.0 Å². The number of halogens is 1. The van der Waals surface area contributed by atoms with Gasteiger partial charge in [0.05, 0.1) is 11.0 Å². The first-order valence-electron chi connectivity index (χ1n) is 6.19. The molecule has 4 heteroatoms. The average Bonchev–Trinajstić information content (AvgIpc) is 2.78. The van der Waals surface area contributed by atoms with Crippen LogP contribution in [0.15, 0.2) is 42.5 Å². The SMILES string of the molecule is Nc1cccc(CCc2nc3ccc(F)cc3[nH]2)c1. The minimum atomic E-state index is -0.251. The van der Waals surface area contributed by atoms with Crippen LogP contribution in [0, 0.1) is 5.82 Å². The largest absolute Gasteiger partial charge is 0.399 e. The van der Waals surface area contributed by atoms with Crippen molar-refractivity contribution in [2.45, 2.75) is 12.8 Å². The van der Waals surface area contributed by atoms with Crippen molar-refractivity contribution in [1.29, 1.82) is 0 Å². The normalized spacial score (nSPS) is 11.0. The monoisotopic (exact) mass is 255 g/mol. The Hall–Kier alpha value is -2.36. The number of hydrogen-bond acceptors (Lipinski definition) is 2. The second-order valence-electron chi connectivity index (χ2n) is 4.59. The summed E-state index contributed by atoms with van der Waals surface area (Å²) < 4.78 is 13.1. The minimum Gasteiger partial charge on any atom is -0.399 e. The Balaban J connectivity index is 1.78. The maximum atomic E-state index is 13.1. The van der Waals surface area contributed by atoms with E-state index in [-0.39, 0.29) is 5.82 Å². The first-order valence-corrected chi connectivity index (χ1v) is 6.19. The summed E-state index contributed by atoms with van der Waals surface area (Å²) in [5.41, 5.74) is 9.21. The first-order chi connectivity index (χ1) is 9.20. The molecule has 3 aromatic rings. The Kier molecular flexibility index (Phi) is 2.91. The molecule has 96 valence electrons. The molecule has 0 amide bonds. The molecule has 1 aromatic heterocycles. The van der Waals surface area contributed by atoms with Crippen molar-refractivity contribution in [3.8, 4) is 0 Å². The first kappa shape index (κ1) is 11.7. The van der Waals surface area contributed by atoms with Crippen LogP contribution >= 0.6 is 0 Å². The van der Waals surface area contributed by atoms with E-state index in [0.29, 0.717) is 0 Å². The van der Waals surface area contributed by atoms with Gasteiger partial charge in [-0.3, -0.25) is 0 Å². The fourth-order valence-corrected chi connectivity index (χ4v) is 2.16. The summed E-state index contributed by atoms with van der Waals surface area (Å²) in [6.07, 6.45) is 1.63. The van der Waals surface area contributed by atoms with E-state index < -0.39 is 0 Å². The number of nitrogens with one attached hydrogen (secondary N) is 1. The lowest BCUT2D eigenvalue weighted by molar-refractivity contribution is 0.629. The van der Waals surface area contributed by atoms with Gasteiger partial charge in [0.2, 0.25) is 0 Å². The second kappa shape index (κ2) is 4.72. The Labute approximate surface area is 110 Å². The number of imidazole rings is 1. The third-order valence-electron chi connectivity index (χ3n) is 3.09. The van der Waals surface area contributed by atoms with E-state index in [1.807, 2.05) is 24.3 Å². The van der Waals surface area contributed by atoms with E-state index in [2.05, 4.69) is 9.97 Å². The van der Waals surface area contributed by atoms with Crippen LogP contribution in [-0.2, 0) is 12.8 Å². The summed E-state index contributed by atoms with van der Waals surface area (Å²) in [4.78, 5) is 7.58. The van der Waals surface area contributed by atoms with Crippen molar-refractivity contribution in [2.24, 2.45) is 0 Å². The lowest BCUT2D eigenvalue weighted by atomic mass is 10.1. The lowest BCUT2D eigenvalue weighted by Crippen LogP contribution is -1.94. The number of nitrogens with zero attached hydrogens (tertiary/aromatic N) is 1. The van der Waals surface area contributed by atoms with Crippen LogP contribution in [0.3, 0.4) is 0 Å². The van der Waals surface area contributed by atoms with Crippen molar-refractivity contribution in [3.63, 3.8) is 0 Å². The minimum absolute atomic E-state index is 0.251. The van der Waals surface area contributed by atoms with Crippen LogP contribution in [0.4, 0.5) is 10.1 Å². The number of nitrogens with two attached hydrogens (primary N) is 1. The van der Waals surface area contributed by atoms with Crippen molar-refractivity contribution in [1.82, 2.24) is 9.97 Å². The van der Waals surface area contributed by atoms with Crippen molar-refractivity contribution >= 4 is 16.7 Å². The molecule has 3 nitrogen and oxygen atoms in total. The van der Waals surface area contributed by atoms with E-state index in [9.17, 15) is 4.39 Å². The smallest absolute Gasteiger partial charge is 0.125 e. The van der Waals surface area contributed by atoms with Gasteiger partial charge in [-0.15, -0.1) is 0 Å². The van der Waals surface area contributed by atoms with Gasteiger partial charge in [0.1, 0.15) is 11.6 Å². The zero-order valence-corrected chi connectivity index (χ0v) is 10.4. The van der Waals surface area contributed by atoms with Gasteiger partial charge in [-0.25, -0.2) is 9.37 Å². The van der Waals surface area contributed by atoms with Gasteiger partial charge < -0.3 is 10.7 Å². The van der Waals surface area contributed by atoms with Gasteiger partial charge in [-0.1, -0.05) is 12.1 Å². The Bertz CT molecular complexity index is 718. The highest BCUT2D eigenvalue weighted by Crippen LogP contribution is 2.15. The van der Waals surface area contributed by atoms with Crippen molar-refractivity contribution in [2.75, 3.05) is 5.73 Å². The molecule has 0 aliphatic heterocycles. The number of benzene rings is 2. The molecule has 0 aliphatic rings. The quantitative estimate of drug-likeness (QED) is 0.707. The number of fused-ring (bicyclic) bond motifs is 1. The number of aromatic amines is 1. The Morgan fingerprint density at radius 1 is 1.11 bits per heavy atom. The maximum Gasteiger partial charge on any atom is 0.125 e. The summed E-state index contributed by atoms with van der Waals surface area (Å²) >= 11 is 0. The molecule has 2 aromatic carbocycles. The molecule has 0 aliphatic carbocycles. The van der Waals surface area contributed by atoms with Gasteiger partial charge in [-0.2, -0.15) is 0 Å². The second-order valence-corrected chi connectivity index (χ2v) is 4.59. The molecule has 3 N–H and O–H groups in total. The fourth-order valence-electron chi connectivity index (χ4n) is 2.16. The highest BCUT2D eigenvalue weighted by molar-refractivity contribution is 5.74. The van der Waals surface area contributed by atoms with Crippen LogP contribution in [0.5, 0.6) is 0 Å². The highest BCUT2D eigenvalue weighted by atomic mass is 19.1. The standard InChI is InChI=1S/C15H14FN3/c16-11-5-6-13-14(9-11)19-15(18-13)7-4-10-2-1-3-12(17)8-10/h1-3,5-6,8-9H,4,7,17H2,(H,18,19). The van der Waals surface area contributed by atoms with E-state index in [1.165, 1.54) is 17.7 Å². The van der Waals surface area contributed by atoms with E-state index in [4.69, 9.17) is 5.73 Å². The third-order valence-corrected chi connectivity index (χ3v) is 3.09. The number of nitrogen functional groups attached to an aromatic ring is 1. The molecule has 0 saturated carbocycles. The Morgan fingerprint density at radius 2 is 2.00 bits per heavy atom. The molecule has 0 atom stereocenters. The van der Waals surface area contributed by atoms with Crippen LogP contribution in [-0.4, -0.2) is 9.97 Å². The predicted molar refractivity (Wildman–Crippen MR) is 74.3 cm³/mol. The zero-order valence-electron chi connectivity index (χ0n) is 10.4. The summed E-state index contributed by atoms with van der Waals surface area (Å²) in [6.45, 7) is 0. The lowest BCUT2D eigenvalue weighted by Gasteiger charge is -2.00. The summed E-state index contributed by atoms with van der Waals surface area (Å²) in [5, 5.41) is 0. The molecule has 0 saturated heterocycles. The summed E-state index contributed by atoms with van der Waals surface area (Å²) in [7, 11) is 0. The van der Waals surface area contributed by atoms with Gasteiger partial charge >= 0.3 is 0 Å². The molecule has 0 spiro atoms. The number of rotatable bonds is 3. The van der Waals surface area contributed by atoms with E-state index in [1.54, 1.807) is 6.07 Å². The Morgan fingerprint density at radius 3 is 2.84 bits per heavy atom. The van der Waals surface area contributed by atoms with Crippen molar-refractivity contribution in [3.05, 3.63) is 59.7 Å². The number of anilines is 1. The van der Waals surface area contributed by atoms with E-state index in [0.717, 1.165) is 35.4 Å². The number of hydrogen-bond donors (Lipinski definition) is 2. The molecule has 0 fully saturated rings. The van der Waals surface area contributed by atoms with E-state index >= 15 is 0 Å². The molecule has 1 heterocycles. The van der Waals surface area contributed by atoms with Crippen molar-refractivity contribution < 1.29 is 4.39 Å². The van der Waals surface area contributed by atoms with Gasteiger partial charge in [0, 0.05) is 12.1 Å². The molecule has 3 rings (SSSR count). The summed E-state index contributed by atoms with van der Waals surface area (Å²) in [5.74, 6) is 0.613. The third kappa shape index (κ3) is 2.57. The molecule has 0 radical (unpaired) electrons. The average molecular weight is 255 g/mol. The highest BCUT2D eigenvalue weighted by Gasteiger charge is 2.04. The molecular formula is C15H14FN3. The topological polar surface area (TPSA) is 54.7 Å². The summed E-state index contributed by atoms with van der Waals surface area (Å²) in [6, 6.07) is 12.4. The van der Waals surface area contributed by atoms with Gasteiger partial charge in [0.25, 0.3) is 0 Å². The van der Waals surface area contributed by atoms with Gasteiger partial charge in [0.15, 0.2) is 0 Å². The van der Waals surface area contributed by atoms with Crippen LogP contribution < -0.4 is 5.73 Å².